The highest BCUT2D eigenvalue weighted by molar-refractivity contribution is 7.80. The molecule has 8 heteroatoms. The Morgan fingerprint density at radius 2 is 1.78 bits per heavy atom. The zero-order valence-corrected chi connectivity index (χ0v) is 18.8. The minimum atomic E-state index is -0.453. The summed E-state index contributed by atoms with van der Waals surface area (Å²) in [6, 6.07) is 20.4. The van der Waals surface area contributed by atoms with Crippen LogP contribution >= 0.6 is 35.4 Å². The van der Waals surface area contributed by atoms with Gasteiger partial charge in [-0.1, -0.05) is 41.4 Å². The number of para-hydroxylation sites is 1. The molecule has 2 aromatic carbocycles. The first kappa shape index (κ1) is 20.9. The number of halogens is 3. The van der Waals surface area contributed by atoms with Gasteiger partial charge in [-0.15, -0.1) is 0 Å². The van der Waals surface area contributed by atoms with Crippen LogP contribution in [-0.2, 0) is 0 Å². The summed E-state index contributed by atoms with van der Waals surface area (Å²) >= 11 is 17.8. The Hall–Kier alpha value is -2.93. The molecule has 2 aromatic heterocycles. The van der Waals surface area contributed by atoms with E-state index in [1.165, 1.54) is 6.07 Å². The van der Waals surface area contributed by atoms with Gasteiger partial charge in [-0.05, 0) is 66.8 Å². The van der Waals surface area contributed by atoms with Crippen molar-refractivity contribution in [1.29, 1.82) is 0 Å². The quantitative estimate of drug-likeness (QED) is 0.317. The molecular weight excluding hydrogens is 468 g/mol. The first-order valence-electron chi connectivity index (χ1n) is 9.83. The first-order valence-corrected chi connectivity index (χ1v) is 11.0. The molecule has 5 rings (SSSR count). The number of hydrogen-bond acceptors (Lipinski definition) is 3. The van der Waals surface area contributed by atoms with E-state index in [9.17, 15) is 4.39 Å². The standard InChI is InChI=1S/C24H16Cl2FN3OS/c25-15-9-8-14(13-16(15)26)20-10-11-21(31-20)23-22(18-6-3-4-12-28-18)29-24(32)30(23)19-7-2-1-5-17(19)27/h1-13,22-23H,(H,29,32)/t22-,23-/m0/s1. The highest BCUT2D eigenvalue weighted by Gasteiger charge is 2.43. The van der Waals surface area contributed by atoms with Crippen LogP contribution in [0.25, 0.3) is 11.3 Å². The summed E-state index contributed by atoms with van der Waals surface area (Å²) in [7, 11) is 0. The summed E-state index contributed by atoms with van der Waals surface area (Å²) in [4.78, 5) is 6.23. The minimum Gasteiger partial charge on any atom is -0.459 e. The lowest BCUT2D eigenvalue weighted by Gasteiger charge is -2.26. The summed E-state index contributed by atoms with van der Waals surface area (Å²) in [5.74, 6) is 0.849. The van der Waals surface area contributed by atoms with E-state index in [4.69, 9.17) is 39.8 Å². The monoisotopic (exact) mass is 483 g/mol. The normalized spacial score (nSPS) is 18.1. The van der Waals surface area contributed by atoms with Gasteiger partial charge in [0.2, 0.25) is 0 Å². The van der Waals surface area contributed by atoms with Crippen LogP contribution in [0.5, 0.6) is 0 Å². The van der Waals surface area contributed by atoms with Crippen LogP contribution in [0.1, 0.15) is 23.5 Å². The SMILES string of the molecule is Fc1ccccc1N1C(=S)N[C@@H](c2ccccn2)[C@@H]1c1ccc(-c2ccc(Cl)c(Cl)c2)o1. The molecule has 1 N–H and O–H groups in total. The Balaban J connectivity index is 1.61. The van der Waals surface area contributed by atoms with Crippen molar-refractivity contribution in [3.05, 3.63) is 106 Å². The summed E-state index contributed by atoms with van der Waals surface area (Å²) in [5, 5.41) is 4.58. The average Bonchev–Trinajstić information content (AvgIpc) is 3.41. The fourth-order valence-corrected chi connectivity index (χ4v) is 4.50. The minimum absolute atomic E-state index is 0.337. The van der Waals surface area contributed by atoms with Gasteiger partial charge in [0.1, 0.15) is 23.4 Å². The number of nitrogens with zero attached hydrogens (tertiary/aromatic N) is 2. The molecule has 0 saturated carbocycles. The van der Waals surface area contributed by atoms with Gasteiger partial charge >= 0.3 is 0 Å². The number of hydrogen-bond donors (Lipinski definition) is 1. The van der Waals surface area contributed by atoms with Crippen molar-refractivity contribution in [2.24, 2.45) is 0 Å². The van der Waals surface area contributed by atoms with Crippen molar-refractivity contribution in [2.75, 3.05) is 4.90 Å². The molecule has 0 bridgehead atoms. The van der Waals surface area contributed by atoms with Gasteiger partial charge in [0.15, 0.2) is 5.11 Å². The van der Waals surface area contributed by atoms with Gasteiger partial charge in [0.05, 0.1) is 27.5 Å². The van der Waals surface area contributed by atoms with E-state index < -0.39 is 6.04 Å². The molecule has 4 aromatic rings. The van der Waals surface area contributed by atoms with E-state index in [-0.39, 0.29) is 11.9 Å². The number of benzene rings is 2. The highest BCUT2D eigenvalue weighted by atomic mass is 35.5. The number of thiocarbonyl (C=S) groups is 1. The molecular formula is C24H16Cl2FN3OS. The van der Waals surface area contributed by atoms with Gasteiger partial charge in [-0.25, -0.2) is 4.39 Å². The van der Waals surface area contributed by atoms with E-state index in [1.807, 2.05) is 36.4 Å². The molecule has 1 fully saturated rings. The molecule has 1 aliphatic rings. The van der Waals surface area contributed by atoms with Crippen molar-refractivity contribution in [2.45, 2.75) is 12.1 Å². The molecule has 0 spiro atoms. The summed E-state index contributed by atoms with van der Waals surface area (Å²) in [5.41, 5.74) is 1.91. The van der Waals surface area contributed by atoms with Crippen LogP contribution in [-0.4, -0.2) is 10.1 Å². The molecule has 0 unspecified atom stereocenters. The molecule has 0 aliphatic carbocycles. The van der Waals surface area contributed by atoms with Crippen molar-refractivity contribution < 1.29 is 8.81 Å². The Kier molecular flexibility index (Phi) is 5.59. The Morgan fingerprint density at radius 3 is 2.53 bits per heavy atom. The second-order valence-electron chi connectivity index (χ2n) is 7.28. The number of aromatic nitrogens is 1. The smallest absolute Gasteiger partial charge is 0.174 e. The van der Waals surface area contributed by atoms with Gasteiger partial charge in [-0.3, -0.25) is 4.98 Å². The third kappa shape index (κ3) is 3.75. The molecule has 1 saturated heterocycles. The molecule has 3 heterocycles. The molecule has 4 nitrogen and oxygen atoms in total. The third-order valence-electron chi connectivity index (χ3n) is 5.33. The fraction of sp³-hybridized carbons (Fsp3) is 0.0833. The van der Waals surface area contributed by atoms with E-state index in [0.29, 0.717) is 32.4 Å². The topological polar surface area (TPSA) is 41.3 Å². The lowest BCUT2D eigenvalue weighted by Crippen LogP contribution is -2.30. The number of pyridine rings is 1. The average molecular weight is 484 g/mol. The summed E-state index contributed by atoms with van der Waals surface area (Å²) in [6.45, 7) is 0. The zero-order chi connectivity index (χ0) is 22.2. The predicted octanol–water partition coefficient (Wildman–Crippen LogP) is 6.96. The Morgan fingerprint density at radius 1 is 0.969 bits per heavy atom. The van der Waals surface area contributed by atoms with E-state index in [2.05, 4.69) is 10.3 Å². The van der Waals surface area contributed by atoms with Gasteiger partial charge in [0.25, 0.3) is 0 Å². The van der Waals surface area contributed by atoms with Crippen molar-refractivity contribution in [1.82, 2.24) is 10.3 Å². The predicted molar refractivity (Wildman–Crippen MR) is 128 cm³/mol. The maximum absolute atomic E-state index is 14.8. The van der Waals surface area contributed by atoms with E-state index >= 15 is 0 Å². The van der Waals surface area contributed by atoms with E-state index in [1.54, 1.807) is 41.4 Å². The lowest BCUT2D eigenvalue weighted by atomic mass is 10.0. The zero-order valence-electron chi connectivity index (χ0n) is 16.5. The largest absolute Gasteiger partial charge is 0.459 e. The van der Waals surface area contributed by atoms with Gasteiger partial charge < -0.3 is 14.6 Å². The van der Waals surface area contributed by atoms with Crippen LogP contribution in [0.15, 0.2) is 83.4 Å². The van der Waals surface area contributed by atoms with Gasteiger partial charge in [0, 0.05) is 11.8 Å². The van der Waals surface area contributed by atoms with Crippen molar-refractivity contribution >= 4 is 46.2 Å². The van der Waals surface area contributed by atoms with E-state index in [0.717, 1.165) is 11.3 Å². The second-order valence-corrected chi connectivity index (χ2v) is 8.48. The van der Waals surface area contributed by atoms with Crippen LogP contribution in [0.3, 0.4) is 0 Å². The second kappa shape index (κ2) is 8.54. The number of nitrogens with one attached hydrogen (secondary N) is 1. The van der Waals surface area contributed by atoms with Crippen molar-refractivity contribution in [3.8, 4) is 11.3 Å². The Bertz CT molecular complexity index is 1300. The third-order valence-corrected chi connectivity index (χ3v) is 6.39. The fourth-order valence-electron chi connectivity index (χ4n) is 3.87. The maximum atomic E-state index is 14.8. The molecule has 1 aliphatic heterocycles. The summed E-state index contributed by atoms with van der Waals surface area (Å²) < 4.78 is 21.0. The van der Waals surface area contributed by atoms with Crippen molar-refractivity contribution in [3.63, 3.8) is 0 Å². The number of rotatable bonds is 4. The molecule has 0 amide bonds. The maximum Gasteiger partial charge on any atom is 0.174 e. The highest BCUT2D eigenvalue weighted by Crippen LogP contribution is 2.43. The summed E-state index contributed by atoms with van der Waals surface area (Å²) in [6.07, 6.45) is 1.71. The van der Waals surface area contributed by atoms with Crippen LogP contribution in [0.2, 0.25) is 10.0 Å². The van der Waals surface area contributed by atoms with Crippen LogP contribution < -0.4 is 10.2 Å². The molecule has 32 heavy (non-hydrogen) atoms. The molecule has 160 valence electrons. The lowest BCUT2D eigenvalue weighted by molar-refractivity contribution is 0.438. The molecule has 2 atom stereocenters. The first-order chi connectivity index (χ1) is 15.5. The number of furan rings is 1. The number of anilines is 1. The molecule has 0 radical (unpaired) electrons. The Labute approximate surface area is 199 Å². The van der Waals surface area contributed by atoms with Gasteiger partial charge in [-0.2, -0.15) is 0 Å². The van der Waals surface area contributed by atoms with Crippen LogP contribution in [0.4, 0.5) is 10.1 Å². The van der Waals surface area contributed by atoms with Crippen LogP contribution in [0, 0.1) is 5.82 Å².